The van der Waals surface area contributed by atoms with Crippen LogP contribution in [0.2, 0.25) is 0 Å². The molecule has 0 unspecified atom stereocenters. The van der Waals surface area contributed by atoms with Gasteiger partial charge in [-0.2, -0.15) is 0 Å². The molecule has 27 valence electrons. The molecule has 0 aromatic heterocycles. The summed E-state index contributed by atoms with van der Waals surface area (Å²) < 4.78 is 0. The SMILES string of the molecule is C=CC=O.[N]. The van der Waals surface area contributed by atoms with Gasteiger partial charge in [-0.25, -0.2) is 0 Å². The summed E-state index contributed by atoms with van der Waals surface area (Å²) in [5.74, 6) is 0. The first kappa shape index (κ1) is 8.84. The highest BCUT2D eigenvalue weighted by molar-refractivity contribution is 5.63. The van der Waals surface area contributed by atoms with Crippen LogP contribution in [0.5, 0.6) is 0 Å². The number of aldehydes is 1. The normalized spacial score (nSPS) is 4.00. The van der Waals surface area contributed by atoms with Gasteiger partial charge in [0.05, 0.1) is 0 Å². The van der Waals surface area contributed by atoms with E-state index in [-0.39, 0.29) is 6.15 Å². The number of carbonyl (C=O) groups is 1. The Morgan fingerprint density at radius 3 is 1.80 bits per heavy atom. The molecule has 5 heavy (non-hydrogen) atoms. The first-order valence-corrected chi connectivity index (χ1v) is 0.977. The van der Waals surface area contributed by atoms with Crippen molar-refractivity contribution in [2.45, 2.75) is 0 Å². The summed E-state index contributed by atoms with van der Waals surface area (Å²) in [4.78, 5) is 9.06. The van der Waals surface area contributed by atoms with Gasteiger partial charge in [0.1, 0.15) is 6.29 Å². The Kier molecular flexibility index (Phi) is 17.8. The maximum absolute atomic E-state index is 9.06. The van der Waals surface area contributed by atoms with E-state index in [1.54, 1.807) is 0 Å². The maximum atomic E-state index is 9.06. The molecule has 0 fully saturated rings. The van der Waals surface area contributed by atoms with Crippen LogP contribution in [0.25, 0.3) is 0 Å². The van der Waals surface area contributed by atoms with Crippen LogP contribution in [0.15, 0.2) is 12.7 Å². The third kappa shape index (κ3) is 46.2. The molecule has 0 heterocycles. The van der Waals surface area contributed by atoms with Crippen molar-refractivity contribution in [3.05, 3.63) is 12.7 Å². The van der Waals surface area contributed by atoms with Crippen LogP contribution in [0, 0.1) is 0 Å². The lowest BCUT2D eigenvalue weighted by molar-refractivity contribution is -0.104. The fourth-order valence-electron chi connectivity index (χ4n) is 0. The minimum absolute atomic E-state index is 0. The highest BCUT2D eigenvalue weighted by atomic mass is 16.1. The topological polar surface area (TPSA) is 47.6 Å². The third-order valence-corrected chi connectivity index (χ3v) is 0.0962. The highest BCUT2D eigenvalue weighted by Gasteiger charge is 1.38. The number of nitrogens with zero attached hydrogens (tertiary/aromatic N) is 1. The van der Waals surface area contributed by atoms with Gasteiger partial charge in [-0.3, -0.25) is 4.79 Å². The van der Waals surface area contributed by atoms with Crippen molar-refractivity contribution in [3.63, 3.8) is 0 Å². The summed E-state index contributed by atoms with van der Waals surface area (Å²) in [6.45, 7) is 3.11. The van der Waals surface area contributed by atoms with Crippen LogP contribution in [0.4, 0.5) is 0 Å². The molecule has 0 spiro atoms. The number of allylic oxidation sites excluding steroid dienone is 1. The predicted molar refractivity (Wildman–Crippen MR) is 18.4 cm³/mol. The molecule has 0 aliphatic carbocycles. The number of rotatable bonds is 1. The Morgan fingerprint density at radius 2 is 1.80 bits per heavy atom. The van der Waals surface area contributed by atoms with Crippen LogP contribution in [-0.4, -0.2) is 6.29 Å². The molecule has 0 saturated carbocycles. The smallest absolute Gasteiger partial charge is 0.142 e. The van der Waals surface area contributed by atoms with Gasteiger partial charge in [0, 0.05) is 6.15 Å². The second kappa shape index (κ2) is 10.1. The van der Waals surface area contributed by atoms with Crippen LogP contribution in [-0.2, 0) is 4.79 Å². The standard InChI is InChI=1S/C3H4O.N/c1-2-3-4;/h2-3H,1H2;. The zero-order chi connectivity index (χ0) is 3.41. The summed E-state index contributed by atoms with van der Waals surface area (Å²) >= 11 is 0. The van der Waals surface area contributed by atoms with Gasteiger partial charge in [-0.1, -0.05) is 6.58 Å². The zero-order valence-electron chi connectivity index (χ0n) is 2.72. The molecular formula is C3H4NO. The molecule has 0 saturated heterocycles. The molecule has 0 aliphatic heterocycles. The molecule has 0 bridgehead atoms. The average Bonchev–Trinajstić information content (AvgIpc) is 1.37. The number of hydrogen-bond acceptors (Lipinski definition) is 1. The fraction of sp³-hybridized carbons (Fsp3) is 0. The summed E-state index contributed by atoms with van der Waals surface area (Å²) in [5, 5.41) is 0. The molecule has 2 nitrogen and oxygen atoms in total. The van der Waals surface area contributed by atoms with E-state index in [0.717, 1.165) is 0 Å². The van der Waals surface area contributed by atoms with Gasteiger partial charge in [0.25, 0.3) is 0 Å². The summed E-state index contributed by atoms with van der Waals surface area (Å²) in [6, 6.07) is 0. The van der Waals surface area contributed by atoms with Crippen molar-refractivity contribution < 1.29 is 4.79 Å². The number of hydrogen-bond donors (Lipinski definition) is 0. The fourth-order valence-corrected chi connectivity index (χ4v) is 0. The van der Waals surface area contributed by atoms with Crippen LogP contribution < -0.4 is 6.15 Å². The van der Waals surface area contributed by atoms with Crippen molar-refractivity contribution >= 4 is 6.29 Å². The molecule has 0 aromatic rings. The van der Waals surface area contributed by atoms with Crippen molar-refractivity contribution in [1.82, 2.24) is 6.15 Å². The molecule has 0 atom stereocenters. The van der Waals surface area contributed by atoms with Gasteiger partial charge in [0.15, 0.2) is 0 Å². The largest absolute Gasteiger partial charge is 0.299 e. The lowest BCUT2D eigenvalue weighted by Gasteiger charge is -1.37. The van der Waals surface area contributed by atoms with E-state index >= 15 is 0 Å². The number of carbonyl (C=O) groups excluding carboxylic acids is 1. The Balaban J connectivity index is 0. The Labute approximate surface area is 31.1 Å². The molecule has 0 aliphatic rings. The molecule has 3 radical (unpaired) electrons. The van der Waals surface area contributed by atoms with Crippen LogP contribution in [0.3, 0.4) is 0 Å². The zero-order valence-corrected chi connectivity index (χ0v) is 2.72. The molecule has 0 amide bonds. The van der Waals surface area contributed by atoms with E-state index < -0.39 is 0 Å². The van der Waals surface area contributed by atoms with Gasteiger partial charge in [-0.05, 0) is 6.08 Å². The minimum atomic E-state index is 0. The van der Waals surface area contributed by atoms with E-state index in [0.29, 0.717) is 6.29 Å². The van der Waals surface area contributed by atoms with Crippen molar-refractivity contribution in [1.29, 1.82) is 0 Å². The Morgan fingerprint density at radius 1 is 1.60 bits per heavy atom. The van der Waals surface area contributed by atoms with Crippen molar-refractivity contribution in [2.24, 2.45) is 0 Å². The van der Waals surface area contributed by atoms with E-state index in [2.05, 4.69) is 6.58 Å². The Hall–Kier alpha value is -0.630. The van der Waals surface area contributed by atoms with Gasteiger partial charge >= 0.3 is 0 Å². The van der Waals surface area contributed by atoms with Gasteiger partial charge in [0.2, 0.25) is 0 Å². The average molecular weight is 70.1 g/mol. The van der Waals surface area contributed by atoms with E-state index in [9.17, 15) is 0 Å². The van der Waals surface area contributed by atoms with Crippen molar-refractivity contribution in [3.8, 4) is 0 Å². The van der Waals surface area contributed by atoms with Crippen molar-refractivity contribution in [2.75, 3.05) is 0 Å². The van der Waals surface area contributed by atoms with Crippen LogP contribution >= 0.6 is 0 Å². The summed E-state index contributed by atoms with van der Waals surface area (Å²) in [6.07, 6.45) is 1.83. The summed E-state index contributed by atoms with van der Waals surface area (Å²) in [5.41, 5.74) is 0. The first-order valence-electron chi connectivity index (χ1n) is 0.977. The predicted octanol–water partition coefficient (Wildman–Crippen LogP) is -0.109. The minimum Gasteiger partial charge on any atom is -0.299 e. The monoisotopic (exact) mass is 70.0 g/mol. The van der Waals surface area contributed by atoms with E-state index in [1.165, 1.54) is 6.08 Å². The quantitative estimate of drug-likeness (QED) is 0.313. The van der Waals surface area contributed by atoms with E-state index in [4.69, 9.17) is 4.79 Å². The molecular weight excluding hydrogens is 66.0 g/mol. The second-order valence-corrected chi connectivity index (χ2v) is 0.372. The second-order valence-electron chi connectivity index (χ2n) is 0.372. The van der Waals surface area contributed by atoms with E-state index in [1.807, 2.05) is 0 Å². The molecule has 0 aromatic carbocycles. The maximum Gasteiger partial charge on any atom is 0.142 e. The molecule has 2 heteroatoms. The van der Waals surface area contributed by atoms with Crippen LogP contribution in [0.1, 0.15) is 0 Å². The first-order chi connectivity index (χ1) is 1.91. The molecule has 0 N–H and O–H groups in total. The lowest BCUT2D eigenvalue weighted by Crippen LogP contribution is -1.44. The third-order valence-electron chi connectivity index (χ3n) is 0.0962. The Bertz CT molecular complexity index is 27.9. The molecule has 0 rings (SSSR count). The summed E-state index contributed by atoms with van der Waals surface area (Å²) in [7, 11) is 0. The highest BCUT2D eigenvalue weighted by Crippen LogP contribution is 1.35. The van der Waals surface area contributed by atoms with Gasteiger partial charge < -0.3 is 0 Å². The lowest BCUT2D eigenvalue weighted by atomic mass is 10.8. The van der Waals surface area contributed by atoms with Gasteiger partial charge in [-0.15, -0.1) is 0 Å².